The van der Waals surface area contributed by atoms with Crippen molar-refractivity contribution in [2.45, 2.75) is 110 Å². The number of ether oxygens (including phenoxy) is 13. The molecule has 0 aliphatic carbocycles. The molecule has 0 saturated heterocycles. The summed E-state index contributed by atoms with van der Waals surface area (Å²) in [6.45, 7) is 14.6. The SMILES string of the molecule is CCCCCCCCCCCCCCCCCC(=O)OCCOCCOCCOCCOCCOCCOCCOCCOCCOCCOCCOCCOCCCl. The first-order chi connectivity index (χ1) is 29.3. The summed E-state index contributed by atoms with van der Waals surface area (Å²) in [4.78, 5) is 11.9. The van der Waals surface area contributed by atoms with E-state index < -0.39 is 0 Å². The van der Waals surface area contributed by atoms with Crippen LogP contribution in [0.25, 0.3) is 0 Å². The molecule has 0 bridgehead atoms. The highest BCUT2D eigenvalue weighted by atomic mass is 35.5. The molecular formula is C44H87ClO14. The molecule has 0 heterocycles. The van der Waals surface area contributed by atoms with Crippen molar-refractivity contribution in [1.29, 1.82) is 0 Å². The average Bonchev–Trinajstić information content (AvgIpc) is 3.24. The molecule has 0 rings (SSSR count). The second-order valence-electron chi connectivity index (χ2n) is 14.0. The predicted molar refractivity (Wildman–Crippen MR) is 231 cm³/mol. The fraction of sp³-hybridized carbons (Fsp3) is 0.977. The number of rotatable bonds is 54. The quantitative estimate of drug-likeness (QED) is 0.0345. The molecule has 0 unspecified atom stereocenters. The summed E-state index contributed by atoms with van der Waals surface area (Å²) < 4.78 is 70.7. The van der Waals surface area contributed by atoms with Gasteiger partial charge in [0.05, 0.1) is 159 Å². The van der Waals surface area contributed by atoms with E-state index in [9.17, 15) is 4.79 Å². The number of esters is 1. The number of hydrogen-bond donors (Lipinski definition) is 0. The highest BCUT2D eigenvalue weighted by Gasteiger charge is 2.03. The molecule has 15 heteroatoms. The molecule has 0 spiro atoms. The van der Waals surface area contributed by atoms with Crippen LogP contribution in [-0.4, -0.2) is 177 Å². The van der Waals surface area contributed by atoms with Gasteiger partial charge in [0.2, 0.25) is 0 Å². The third kappa shape index (κ3) is 55.3. The third-order valence-corrected chi connectivity index (χ3v) is 8.94. The Bertz CT molecular complexity index is 773. The molecule has 14 nitrogen and oxygen atoms in total. The van der Waals surface area contributed by atoms with E-state index in [0.717, 1.165) is 12.8 Å². The lowest BCUT2D eigenvalue weighted by atomic mass is 10.0. The van der Waals surface area contributed by atoms with Gasteiger partial charge < -0.3 is 61.6 Å². The van der Waals surface area contributed by atoms with Crippen molar-refractivity contribution in [2.75, 3.05) is 171 Å². The van der Waals surface area contributed by atoms with Gasteiger partial charge in [-0.05, 0) is 6.42 Å². The summed E-state index contributed by atoms with van der Waals surface area (Å²) in [6, 6.07) is 0. The number of unbranched alkanes of at least 4 members (excludes halogenated alkanes) is 14. The van der Waals surface area contributed by atoms with Gasteiger partial charge in [-0.2, -0.15) is 0 Å². The van der Waals surface area contributed by atoms with Gasteiger partial charge in [0, 0.05) is 12.3 Å². The van der Waals surface area contributed by atoms with Gasteiger partial charge in [-0.3, -0.25) is 4.79 Å². The Morgan fingerprint density at radius 3 is 0.729 bits per heavy atom. The van der Waals surface area contributed by atoms with E-state index in [-0.39, 0.29) is 12.6 Å². The van der Waals surface area contributed by atoms with Crippen molar-refractivity contribution >= 4 is 17.6 Å². The predicted octanol–water partition coefficient (Wildman–Crippen LogP) is 7.23. The Labute approximate surface area is 363 Å². The second-order valence-corrected chi connectivity index (χ2v) is 14.3. The van der Waals surface area contributed by atoms with Crippen LogP contribution in [0.4, 0.5) is 0 Å². The van der Waals surface area contributed by atoms with E-state index in [0.29, 0.717) is 171 Å². The van der Waals surface area contributed by atoms with Gasteiger partial charge >= 0.3 is 5.97 Å². The zero-order chi connectivity index (χ0) is 42.5. The van der Waals surface area contributed by atoms with Crippen molar-refractivity contribution in [3.63, 3.8) is 0 Å². The van der Waals surface area contributed by atoms with Gasteiger partial charge in [0.15, 0.2) is 0 Å². The smallest absolute Gasteiger partial charge is 0.305 e. The summed E-state index contributed by atoms with van der Waals surface area (Å²) >= 11 is 5.52. The lowest BCUT2D eigenvalue weighted by Crippen LogP contribution is -2.15. The van der Waals surface area contributed by atoms with E-state index in [1.165, 1.54) is 83.5 Å². The first-order valence-corrected chi connectivity index (χ1v) is 23.5. The van der Waals surface area contributed by atoms with Crippen LogP contribution in [0.15, 0.2) is 0 Å². The van der Waals surface area contributed by atoms with Crippen LogP contribution >= 0.6 is 11.6 Å². The minimum atomic E-state index is -0.132. The Balaban J connectivity index is 3.12. The molecule has 0 saturated carbocycles. The molecule has 59 heavy (non-hydrogen) atoms. The van der Waals surface area contributed by atoms with Gasteiger partial charge in [-0.25, -0.2) is 0 Å². The lowest BCUT2D eigenvalue weighted by molar-refractivity contribution is -0.145. The zero-order valence-corrected chi connectivity index (χ0v) is 38.0. The van der Waals surface area contributed by atoms with Gasteiger partial charge in [0.25, 0.3) is 0 Å². The van der Waals surface area contributed by atoms with E-state index in [2.05, 4.69) is 6.92 Å². The molecule has 0 aromatic rings. The number of carbonyl (C=O) groups is 1. The Hall–Kier alpha value is -0.720. The van der Waals surface area contributed by atoms with Crippen LogP contribution < -0.4 is 0 Å². The lowest BCUT2D eigenvalue weighted by Gasteiger charge is -2.09. The van der Waals surface area contributed by atoms with Gasteiger partial charge in [-0.15, -0.1) is 11.6 Å². The first-order valence-electron chi connectivity index (χ1n) is 23.0. The van der Waals surface area contributed by atoms with Crippen molar-refractivity contribution in [2.24, 2.45) is 0 Å². The van der Waals surface area contributed by atoms with E-state index in [1.807, 2.05) is 0 Å². The Morgan fingerprint density at radius 2 is 0.492 bits per heavy atom. The standard InChI is InChI=1S/C44H87ClO14/c1-2-3-4-5-6-7-8-9-10-11-12-13-14-15-16-17-44(46)59-43-42-58-41-40-57-39-38-56-37-36-55-35-34-54-33-32-53-31-30-52-29-28-51-27-26-50-25-24-49-23-22-48-21-20-47-19-18-45/h2-43H2,1H3. The number of halogens is 1. The zero-order valence-electron chi connectivity index (χ0n) is 37.3. The maximum absolute atomic E-state index is 11.9. The molecule has 0 aromatic heterocycles. The molecule has 0 atom stereocenters. The first kappa shape index (κ1) is 58.3. The normalized spacial score (nSPS) is 11.6. The van der Waals surface area contributed by atoms with Gasteiger partial charge in [-0.1, -0.05) is 96.8 Å². The molecule has 0 aliphatic rings. The van der Waals surface area contributed by atoms with Crippen molar-refractivity contribution in [3.05, 3.63) is 0 Å². The highest BCUT2D eigenvalue weighted by molar-refractivity contribution is 6.17. The molecule has 0 amide bonds. The summed E-state index contributed by atoms with van der Waals surface area (Å²) in [5, 5.41) is 0. The Morgan fingerprint density at radius 1 is 0.288 bits per heavy atom. The minimum absolute atomic E-state index is 0.132. The van der Waals surface area contributed by atoms with E-state index >= 15 is 0 Å². The van der Waals surface area contributed by atoms with E-state index in [1.54, 1.807) is 0 Å². The second kappa shape index (κ2) is 55.3. The van der Waals surface area contributed by atoms with Crippen LogP contribution in [0.2, 0.25) is 0 Å². The molecule has 0 aliphatic heterocycles. The summed E-state index contributed by atoms with van der Waals surface area (Å²) in [7, 11) is 0. The van der Waals surface area contributed by atoms with Crippen LogP contribution in [-0.2, 0) is 66.4 Å². The summed E-state index contributed by atoms with van der Waals surface area (Å²) in [6.07, 6.45) is 20.2. The molecular weight excluding hydrogens is 788 g/mol. The summed E-state index contributed by atoms with van der Waals surface area (Å²) in [5.41, 5.74) is 0. The van der Waals surface area contributed by atoms with E-state index in [4.69, 9.17) is 73.2 Å². The van der Waals surface area contributed by atoms with Crippen molar-refractivity contribution in [3.8, 4) is 0 Å². The topological polar surface area (TPSA) is 137 Å². The molecule has 0 fully saturated rings. The fourth-order valence-corrected chi connectivity index (χ4v) is 5.61. The fourth-order valence-electron chi connectivity index (χ4n) is 5.50. The molecule has 354 valence electrons. The minimum Gasteiger partial charge on any atom is -0.463 e. The van der Waals surface area contributed by atoms with Gasteiger partial charge in [0.1, 0.15) is 6.61 Å². The Kier molecular flexibility index (Phi) is 54.6. The van der Waals surface area contributed by atoms with Crippen LogP contribution in [0.1, 0.15) is 110 Å². The number of carbonyl (C=O) groups excluding carboxylic acids is 1. The monoisotopic (exact) mass is 875 g/mol. The maximum atomic E-state index is 11.9. The highest BCUT2D eigenvalue weighted by Crippen LogP contribution is 2.14. The largest absolute Gasteiger partial charge is 0.463 e. The molecule has 0 radical (unpaired) electrons. The maximum Gasteiger partial charge on any atom is 0.305 e. The average molecular weight is 876 g/mol. The summed E-state index contributed by atoms with van der Waals surface area (Å²) in [5.74, 6) is 0.363. The molecule has 0 aromatic carbocycles. The molecule has 0 N–H and O–H groups in total. The van der Waals surface area contributed by atoms with Crippen molar-refractivity contribution < 1.29 is 66.4 Å². The number of alkyl halides is 1. The number of hydrogen-bond acceptors (Lipinski definition) is 14. The van der Waals surface area contributed by atoms with Crippen molar-refractivity contribution in [1.82, 2.24) is 0 Å². The van der Waals surface area contributed by atoms with Crippen LogP contribution in [0, 0.1) is 0 Å². The van der Waals surface area contributed by atoms with Crippen LogP contribution in [0.3, 0.4) is 0 Å². The van der Waals surface area contributed by atoms with Crippen LogP contribution in [0.5, 0.6) is 0 Å². The third-order valence-electron chi connectivity index (χ3n) is 8.79.